The molecule has 0 bridgehead atoms. The number of nitrogens with zero attached hydrogens (tertiary/aromatic N) is 1. The fourth-order valence-corrected chi connectivity index (χ4v) is 4.72. The van der Waals surface area contributed by atoms with E-state index in [2.05, 4.69) is 39.9 Å². The first kappa shape index (κ1) is 18.8. The van der Waals surface area contributed by atoms with Crippen LogP contribution in [0.5, 0.6) is 11.5 Å². The summed E-state index contributed by atoms with van der Waals surface area (Å²) < 4.78 is 16.5. The Bertz CT molecular complexity index is 939. The number of hydrogen-bond acceptors (Lipinski definition) is 5. The van der Waals surface area contributed by atoms with Gasteiger partial charge in [-0.3, -0.25) is 0 Å². The Labute approximate surface area is 173 Å². The van der Waals surface area contributed by atoms with Gasteiger partial charge in [-0.25, -0.2) is 0 Å². The summed E-state index contributed by atoms with van der Waals surface area (Å²) in [4.78, 5) is 3.49. The molecule has 0 amide bonds. The Hall–Kier alpha value is -2.51. The quantitative estimate of drug-likeness (QED) is 0.625. The molecule has 0 radical (unpaired) electrons. The average molecular weight is 415 g/mol. The maximum atomic E-state index is 5.76. The molecule has 5 nitrogen and oxygen atoms in total. The van der Waals surface area contributed by atoms with Gasteiger partial charge >= 0.3 is 0 Å². The Kier molecular flexibility index (Phi) is 5.54. The Morgan fingerprint density at radius 1 is 1.25 bits per heavy atom. The predicted molar refractivity (Wildman–Crippen MR) is 114 cm³/mol. The molecule has 1 atom stereocenters. The van der Waals surface area contributed by atoms with Crippen molar-refractivity contribution < 1.29 is 13.9 Å². The van der Waals surface area contributed by atoms with Crippen LogP contribution in [0.3, 0.4) is 0 Å². The summed E-state index contributed by atoms with van der Waals surface area (Å²) in [5.41, 5.74) is 2.47. The summed E-state index contributed by atoms with van der Waals surface area (Å²) in [5, 5.41) is 6.16. The first-order chi connectivity index (χ1) is 13.7. The van der Waals surface area contributed by atoms with Gasteiger partial charge in [0.15, 0.2) is 16.6 Å². The lowest BCUT2D eigenvalue weighted by atomic mass is 9.91. The molecule has 0 saturated carbocycles. The van der Waals surface area contributed by atoms with Gasteiger partial charge in [0.25, 0.3) is 0 Å². The molecule has 0 spiro atoms. The molecule has 2 aromatic heterocycles. The van der Waals surface area contributed by atoms with Gasteiger partial charge in [0.2, 0.25) is 0 Å². The maximum absolute atomic E-state index is 5.76. The van der Waals surface area contributed by atoms with Gasteiger partial charge in [0.05, 0.1) is 33.1 Å². The van der Waals surface area contributed by atoms with Gasteiger partial charge in [0.1, 0.15) is 5.76 Å². The van der Waals surface area contributed by atoms with Crippen LogP contribution in [0.15, 0.2) is 52.5 Å². The highest BCUT2D eigenvalue weighted by Gasteiger charge is 2.32. The molecule has 1 aliphatic heterocycles. The lowest BCUT2D eigenvalue weighted by molar-refractivity contribution is 0.325. The van der Waals surface area contributed by atoms with Crippen molar-refractivity contribution in [3.8, 4) is 11.5 Å². The fourth-order valence-electron chi connectivity index (χ4n) is 3.60. The summed E-state index contributed by atoms with van der Waals surface area (Å²) in [6.45, 7) is 1.40. The third-order valence-electron chi connectivity index (χ3n) is 4.94. The normalized spacial score (nSPS) is 15.8. The standard InChI is InChI=1S/C21H22N2O3S2/c1-24-17-11-14-7-8-23(21(27)22-13-15-5-3-9-26-15)20(19-6-4-10-28-19)16(14)12-18(17)25-2/h3-6,9-12,20H,7-8,13H2,1-2H3,(H,22,27)/t20-/m0/s1. The maximum Gasteiger partial charge on any atom is 0.170 e. The lowest BCUT2D eigenvalue weighted by Crippen LogP contribution is -2.45. The van der Waals surface area contributed by atoms with E-state index >= 15 is 0 Å². The minimum atomic E-state index is 0.0418. The highest BCUT2D eigenvalue weighted by atomic mass is 32.1. The third-order valence-corrected chi connectivity index (χ3v) is 6.24. The molecule has 1 aromatic carbocycles. The largest absolute Gasteiger partial charge is 0.493 e. The van der Waals surface area contributed by atoms with Crippen molar-refractivity contribution in [1.82, 2.24) is 10.2 Å². The van der Waals surface area contributed by atoms with Crippen LogP contribution in [0, 0.1) is 0 Å². The Morgan fingerprint density at radius 2 is 2.07 bits per heavy atom. The van der Waals surface area contributed by atoms with Gasteiger partial charge in [0, 0.05) is 11.4 Å². The Morgan fingerprint density at radius 3 is 2.75 bits per heavy atom. The number of ether oxygens (including phenoxy) is 2. The summed E-state index contributed by atoms with van der Waals surface area (Å²) in [5.74, 6) is 2.36. The number of thiophene rings is 1. The highest BCUT2D eigenvalue weighted by molar-refractivity contribution is 7.80. The summed E-state index contributed by atoms with van der Waals surface area (Å²) >= 11 is 7.49. The zero-order valence-electron chi connectivity index (χ0n) is 15.8. The fraction of sp³-hybridized carbons (Fsp3) is 0.286. The molecule has 7 heteroatoms. The van der Waals surface area contributed by atoms with E-state index in [1.54, 1.807) is 31.8 Å². The summed E-state index contributed by atoms with van der Waals surface area (Å²) in [6.07, 6.45) is 2.56. The molecule has 1 aliphatic rings. The molecule has 0 unspecified atom stereocenters. The Balaban J connectivity index is 1.67. The van der Waals surface area contributed by atoms with E-state index < -0.39 is 0 Å². The number of fused-ring (bicyclic) bond motifs is 1. The topological polar surface area (TPSA) is 46.9 Å². The van der Waals surface area contributed by atoms with Crippen LogP contribution in [-0.4, -0.2) is 30.8 Å². The van der Waals surface area contributed by atoms with Crippen molar-refractivity contribution >= 4 is 28.7 Å². The second-order valence-electron chi connectivity index (χ2n) is 6.51. The molecule has 0 aliphatic carbocycles. The van der Waals surface area contributed by atoms with Crippen LogP contribution >= 0.6 is 23.6 Å². The molecule has 28 heavy (non-hydrogen) atoms. The van der Waals surface area contributed by atoms with Gasteiger partial charge < -0.3 is 24.1 Å². The van der Waals surface area contributed by atoms with Crippen LogP contribution in [0.2, 0.25) is 0 Å². The highest BCUT2D eigenvalue weighted by Crippen LogP contribution is 2.42. The summed E-state index contributed by atoms with van der Waals surface area (Å²) in [6, 6.07) is 12.3. The van der Waals surface area contributed by atoms with Crippen molar-refractivity contribution in [2.24, 2.45) is 0 Å². The van der Waals surface area contributed by atoms with Crippen LogP contribution in [0.4, 0.5) is 0 Å². The molecular formula is C21H22N2O3S2. The van der Waals surface area contributed by atoms with Crippen molar-refractivity contribution in [3.63, 3.8) is 0 Å². The molecule has 3 heterocycles. The van der Waals surface area contributed by atoms with Crippen LogP contribution in [0.1, 0.15) is 27.8 Å². The zero-order valence-corrected chi connectivity index (χ0v) is 17.4. The van der Waals surface area contributed by atoms with Gasteiger partial charge in [-0.2, -0.15) is 0 Å². The van der Waals surface area contributed by atoms with E-state index in [1.807, 2.05) is 12.1 Å². The van der Waals surface area contributed by atoms with Crippen molar-refractivity contribution in [2.75, 3.05) is 20.8 Å². The molecule has 3 aromatic rings. The second-order valence-corrected chi connectivity index (χ2v) is 7.87. The van der Waals surface area contributed by atoms with Gasteiger partial charge in [-0.15, -0.1) is 11.3 Å². The smallest absolute Gasteiger partial charge is 0.170 e. The number of furan rings is 1. The average Bonchev–Trinajstić information content (AvgIpc) is 3.44. The number of methoxy groups -OCH3 is 2. The lowest BCUT2D eigenvalue weighted by Gasteiger charge is -2.39. The third kappa shape index (κ3) is 3.59. The van der Waals surface area contributed by atoms with Crippen molar-refractivity contribution in [2.45, 2.75) is 19.0 Å². The van der Waals surface area contributed by atoms with Crippen LogP contribution < -0.4 is 14.8 Å². The van der Waals surface area contributed by atoms with E-state index in [-0.39, 0.29) is 6.04 Å². The SMILES string of the molecule is COc1cc2c(cc1OC)[C@@H](c1cccs1)N(C(=S)NCc1ccco1)CC2. The number of rotatable bonds is 5. The van der Waals surface area contributed by atoms with Gasteiger partial charge in [-0.05, 0) is 65.5 Å². The number of nitrogens with one attached hydrogen (secondary N) is 1. The van der Waals surface area contributed by atoms with E-state index in [9.17, 15) is 0 Å². The first-order valence-electron chi connectivity index (χ1n) is 9.06. The molecular weight excluding hydrogens is 392 g/mol. The molecule has 0 saturated heterocycles. The number of thiocarbonyl (C=S) groups is 1. The van der Waals surface area contributed by atoms with E-state index in [4.69, 9.17) is 26.1 Å². The zero-order chi connectivity index (χ0) is 19.5. The minimum absolute atomic E-state index is 0.0418. The molecule has 4 rings (SSSR count). The molecule has 1 N–H and O–H groups in total. The minimum Gasteiger partial charge on any atom is -0.493 e. The first-order valence-corrected chi connectivity index (χ1v) is 10.3. The van der Waals surface area contributed by atoms with Crippen molar-refractivity contribution in [3.05, 3.63) is 69.8 Å². The van der Waals surface area contributed by atoms with Crippen molar-refractivity contribution in [1.29, 1.82) is 0 Å². The number of hydrogen-bond donors (Lipinski definition) is 1. The molecule has 146 valence electrons. The van der Waals surface area contributed by atoms with E-state index in [0.717, 1.165) is 35.3 Å². The van der Waals surface area contributed by atoms with E-state index in [0.29, 0.717) is 6.54 Å². The number of benzene rings is 1. The van der Waals surface area contributed by atoms with Crippen LogP contribution in [0.25, 0.3) is 0 Å². The van der Waals surface area contributed by atoms with E-state index in [1.165, 1.54) is 16.0 Å². The predicted octanol–water partition coefficient (Wildman–Crippen LogP) is 4.38. The van der Waals surface area contributed by atoms with Crippen LogP contribution in [-0.2, 0) is 13.0 Å². The molecule has 0 fully saturated rings. The monoisotopic (exact) mass is 414 g/mol. The van der Waals surface area contributed by atoms with Gasteiger partial charge in [-0.1, -0.05) is 6.07 Å². The summed E-state index contributed by atoms with van der Waals surface area (Å²) in [7, 11) is 3.34. The second kappa shape index (κ2) is 8.24.